The number of aromatic nitrogens is 3. The fraction of sp³-hybridized carbons (Fsp3) is 0. The van der Waals surface area contributed by atoms with Crippen molar-refractivity contribution in [3.8, 4) is 0 Å². The van der Waals surface area contributed by atoms with Gasteiger partial charge in [0.25, 0.3) is 0 Å². The summed E-state index contributed by atoms with van der Waals surface area (Å²) in [6, 6.07) is 17.4. The predicted octanol–water partition coefficient (Wildman–Crippen LogP) is -0.844. The second-order valence-corrected chi connectivity index (χ2v) is 7.70. The number of aromatic amines is 2. The number of pyridine rings is 3. The SMILES string of the molecule is [O]=[Cr](=[O])([O-])[O][Cr](=[O])(=[O])[O-].c1cc[nH+]cc1.c1cc[nH+]cc1.c1ccncc1. The average Bonchev–Trinajstić information content (AvgIpc) is 2.65. The maximum Gasteiger partial charge on any atom is 0.166 e. The molecule has 0 aliphatic carbocycles. The van der Waals surface area contributed by atoms with E-state index in [-0.39, 0.29) is 0 Å². The fourth-order valence-corrected chi connectivity index (χ4v) is 2.73. The summed E-state index contributed by atoms with van der Waals surface area (Å²) in [5, 5.41) is 0. The summed E-state index contributed by atoms with van der Waals surface area (Å²) < 4.78 is 58.9. The van der Waals surface area contributed by atoms with E-state index in [1.165, 1.54) is 0 Å². The van der Waals surface area contributed by atoms with E-state index in [0.717, 1.165) is 0 Å². The number of hydrogen-bond acceptors (Lipinski definition) is 8. The van der Waals surface area contributed by atoms with Crippen LogP contribution >= 0.6 is 0 Å². The van der Waals surface area contributed by atoms with Crippen LogP contribution < -0.4 is 18.3 Å². The van der Waals surface area contributed by atoms with Gasteiger partial charge in [-0.05, 0) is 12.1 Å². The zero-order valence-electron chi connectivity index (χ0n) is 13.8. The van der Waals surface area contributed by atoms with Crippen LogP contribution in [0, 0.1) is 0 Å². The van der Waals surface area contributed by atoms with Gasteiger partial charge in [0, 0.05) is 36.7 Å². The molecule has 146 valence electrons. The van der Waals surface area contributed by atoms with Crippen LogP contribution in [0.4, 0.5) is 0 Å². The quantitative estimate of drug-likeness (QED) is 0.482. The van der Waals surface area contributed by atoms with Crippen LogP contribution in [-0.4, -0.2) is 4.98 Å². The number of rotatable bonds is 2. The molecule has 0 spiro atoms. The van der Waals surface area contributed by atoms with Crippen LogP contribution in [0.3, 0.4) is 0 Å². The van der Waals surface area contributed by atoms with E-state index >= 15 is 0 Å². The summed E-state index contributed by atoms with van der Waals surface area (Å²) >= 11 is -12.1. The van der Waals surface area contributed by atoms with Crippen molar-refractivity contribution in [3.05, 3.63) is 91.8 Å². The Morgan fingerprint density at radius 3 is 1.00 bits per heavy atom. The minimum absolute atomic E-state index is 1.75. The Morgan fingerprint density at radius 1 is 0.593 bits per heavy atom. The Morgan fingerprint density at radius 2 is 0.926 bits per heavy atom. The Labute approximate surface area is 160 Å². The molecule has 0 amide bonds. The molecule has 0 fully saturated rings. The van der Waals surface area contributed by atoms with Crippen molar-refractivity contribution in [2.24, 2.45) is 0 Å². The molecule has 3 aromatic heterocycles. The molecule has 3 rings (SSSR count). The van der Waals surface area contributed by atoms with Gasteiger partial charge in [0.2, 0.25) is 0 Å². The summed E-state index contributed by atoms with van der Waals surface area (Å²) in [5.41, 5.74) is 0. The number of H-pyrrole nitrogens is 2. The normalized spacial score (nSPS) is 9.85. The van der Waals surface area contributed by atoms with Crippen LogP contribution in [-0.2, 0) is 45.3 Å². The van der Waals surface area contributed by atoms with E-state index in [1.54, 1.807) is 12.4 Å². The first-order valence-electron chi connectivity index (χ1n) is 7.00. The van der Waals surface area contributed by atoms with Gasteiger partial charge in [-0.1, -0.05) is 18.2 Å². The number of hydrogen-bond donors (Lipinski definition) is 0. The summed E-state index contributed by atoms with van der Waals surface area (Å²) in [5.74, 6) is 0. The molecule has 0 bridgehead atoms. The molecule has 0 radical (unpaired) electrons. The van der Waals surface area contributed by atoms with Gasteiger partial charge < -0.3 is 0 Å². The third-order valence-corrected chi connectivity index (χ3v) is 4.61. The molecule has 0 saturated heterocycles. The van der Waals surface area contributed by atoms with E-state index in [9.17, 15) is 23.5 Å². The molecule has 0 unspecified atom stereocenters. The topological polar surface area (TPSA) is 165 Å². The third-order valence-electron chi connectivity index (χ3n) is 1.95. The largest absolute Gasteiger partial charge is 0.265 e. The minimum Gasteiger partial charge on any atom is -0.265 e. The third kappa shape index (κ3) is 23.6. The van der Waals surface area contributed by atoms with Gasteiger partial charge in [0.05, 0.1) is 0 Å². The molecule has 12 heteroatoms. The van der Waals surface area contributed by atoms with Crippen molar-refractivity contribution in [1.29, 1.82) is 0 Å². The van der Waals surface area contributed by atoms with Gasteiger partial charge in [-0.15, -0.1) is 0 Å². The van der Waals surface area contributed by atoms with Crippen LogP contribution in [0.25, 0.3) is 0 Å². The summed E-state index contributed by atoms with van der Waals surface area (Å²) in [7, 11) is 0. The molecule has 0 aliphatic heterocycles. The van der Waals surface area contributed by atoms with Gasteiger partial charge >= 0.3 is 53.6 Å². The van der Waals surface area contributed by atoms with Crippen LogP contribution in [0.15, 0.2) is 91.8 Å². The number of nitrogens with zero attached hydrogens (tertiary/aromatic N) is 1. The maximum atomic E-state index is 9.38. The molecular weight excluding hydrogens is 438 g/mol. The number of nitrogens with one attached hydrogen (secondary N) is 2. The molecule has 0 atom stereocenters. The molecular formula is C15H17Cr2N3O7. The molecule has 3 heterocycles. The molecule has 3 aromatic rings. The summed E-state index contributed by atoms with van der Waals surface area (Å²) in [6.45, 7) is 0. The second-order valence-electron chi connectivity index (χ2n) is 4.06. The molecule has 0 aliphatic rings. The maximum absolute atomic E-state index is 9.38. The van der Waals surface area contributed by atoms with Crippen LogP contribution in [0.5, 0.6) is 0 Å². The molecule has 0 saturated carbocycles. The Bertz CT molecular complexity index is 711. The van der Waals surface area contributed by atoms with Crippen molar-refractivity contribution in [2.45, 2.75) is 0 Å². The summed E-state index contributed by atoms with van der Waals surface area (Å²) in [6.07, 6.45) is 11.0. The Hall–Kier alpha value is -2.41. The zero-order chi connectivity index (χ0) is 20.4. The Kier molecular flexibility index (Phi) is 13.4. The predicted molar refractivity (Wildman–Crippen MR) is 74.1 cm³/mol. The van der Waals surface area contributed by atoms with Gasteiger partial charge in [0.1, 0.15) is 0 Å². The fourth-order valence-electron chi connectivity index (χ4n) is 1.10. The van der Waals surface area contributed by atoms with Gasteiger partial charge in [0.15, 0.2) is 24.8 Å². The van der Waals surface area contributed by atoms with E-state index in [4.69, 9.17) is 0 Å². The van der Waals surface area contributed by atoms with Crippen molar-refractivity contribution < 1.29 is 63.6 Å². The van der Waals surface area contributed by atoms with Crippen LogP contribution in [0.1, 0.15) is 0 Å². The van der Waals surface area contributed by atoms with Gasteiger partial charge in [-0.25, -0.2) is 9.97 Å². The Balaban J connectivity index is 0.000000338. The average molecular weight is 455 g/mol. The minimum atomic E-state index is -6.07. The molecule has 0 aromatic carbocycles. The van der Waals surface area contributed by atoms with Crippen molar-refractivity contribution in [3.63, 3.8) is 0 Å². The van der Waals surface area contributed by atoms with E-state index < -0.39 is 27.2 Å². The van der Waals surface area contributed by atoms with Crippen molar-refractivity contribution in [2.75, 3.05) is 0 Å². The monoisotopic (exact) mass is 455 g/mol. The second kappa shape index (κ2) is 14.7. The first kappa shape index (κ1) is 24.6. The molecule has 2 N–H and O–H groups in total. The molecule has 27 heavy (non-hydrogen) atoms. The zero-order valence-corrected chi connectivity index (χ0v) is 16.3. The smallest absolute Gasteiger partial charge is 0.166 e. The van der Waals surface area contributed by atoms with Crippen LogP contribution in [0.2, 0.25) is 0 Å². The van der Waals surface area contributed by atoms with Crippen molar-refractivity contribution >= 4 is 0 Å². The first-order valence-corrected chi connectivity index (χ1v) is 11.2. The standard InChI is InChI=1S/3C5H5N.2Cr.7O/c3*1-2-4-6-5-3-1;;;;;;;;;/h3*1-5H;;;;;;;;;/q;;;;;;;;;;2*-1/p+2. The first-order chi connectivity index (χ1) is 12.7. The molecule has 10 nitrogen and oxygen atoms in total. The van der Waals surface area contributed by atoms with E-state index in [2.05, 4.69) is 17.8 Å². The summed E-state index contributed by atoms with van der Waals surface area (Å²) in [4.78, 5) is 9.57. The van der Waals surface area contributed by atoms with Gasteiger partial charge in [-0.2, -0.15) is 0 Å². The van der Waals surface area contributed by atoms with Gasteiger partial charge in [-0.3, -0.25) is 4.98 Å². The van der Waals surface area contributed by atoms with Crippen molar-refractivity contribution in [1.82, 2.24) is 4.98 Å². The van der Waals surface area contributed by atoms with E-state index in [1.807, 2.05) is 79.4 Å². The van der Waals surface area contributed by atoms with E-state index in [0.29, 0.717) is 0 Å².